The summed E-state index contributed by atoms with van der Waals surface area (Å²) in [6, 6.07) is 4.89. The van der Waals surface area contributed by atoms with Crippen LogP contribution >= 0.6 is 0 Å². The number of anilines is 1. The number of aliphatic hydroxyl groups excluding tert-OH is 1. The number of aromatic nitrogens is 1. The lowest BCUT2D eigenvalue weighted by molar-refractivity contribution is -0.211. The van der Waals surface area contributed by atoms with Gasteiger partial charge in [0.25, 0.3) is 0 Å². The summed E-state index contributed by atoms with van der Waals surface area (Å²) in [5, 5.41) is 13.2. The third kappa shape index (κ3) is 4.88. The number of pyridine rings is 1. The first-order chi connectivity index (χ1) is 16.0. The maximum atomic E-state index is 14.3. The smallest absolute Gasteiger partial charge is 0.372 e. The molecule has 3 rings (SSSR count). The van der Waals surface area contributed by atoms with Gasteiger partial charge in [0.1, 0.15) is 23.0 Å². The molecule has 0 bridgehead atoms. The fourth-order valence-electron chi connectivity index (χ4n) is 4.06. The van der Waals surface area contributed by atoms with Crippen LogP contribution in [0.15, 0.2) is 36.4 Å². The van der Waals surface area contributed by atoms with Crippen molar-refractivity contribution in [2.45, 2.75) is 49.6 Å². The molecule has 3 unspecified atom stereocenters. The molecular formula is C21H18F9N3O2. The number of alkyl halides is 9. The maximum absolute atomic E-state index is 14.3. The lowest BCUT2D eigenvalue weighted by Gasteiger charge is -2.37. The van der Waals surface area contributed by atoms with E-state index in [1.807, 2.05) is 0 Å². The third-order valence-electron chi connectivity index (χ3n) is 5.95. The van der Waals surface area contributed by atoms with Crippen LogP contribution in [0.1, 0.15) is 41.9 Å². The number of carbonyl (C=O) groups excluding carboxylic acids is 1. The molecule has 1 saturated heterocycles. The van der Waals surface area contributed by atoms with Gasteiger partial charge in [-0.05, 0) is 48.7 Å². The molecule has 1 aromatic carbocycles. The van der Waals surface area contributed by atoms with E-state index < -0.39 is 66.1 Å². The van der Waals surface area contributed by atoms with Crippen LogP contribution in [0.4, 0.5) is 45.2 Å². The standard InChI is InChI=1S/C21H18F9N3O2/c1-11(31-10-34)12-2-4-14(5-3-12)33-7-6-18(17(33)35,21(28,29)30)13-8-15(19(22,23)24)32-16(9-13)20(25,26)27/h2-5,8-11,17,35H,6-7H2,1H3,(H,31,34). The summed E-state index contributed by atoms with van der Waals surface area (Å²) in [4.78, 5) is 13.9. The topological polar surface area (TPSA) is 65.5 Å². The molecule has 1 aliphatic heterocycles. The minimum atomic E-state index is -5.46. The number of carbonyl (C=O) groups is 1. The predicted octanol–water partition coefficient (Wildman–Crippen LogP) is 4.96. The SMILES string of the molecule is CC(NC=O)c1ccc(N2CCC(c3cc(C(F)(F)F)nc(C(F)(F)F)c3)(C(F)(F)F)C2O)cc1. The summed E-state index contributed by atoms with van der Waals surface area (Å²) in [6.07, 6.45) is -19.5. The summed E-state index contributed by atoms with van der Waals surface area (Å²) in [7, 11) is 0. The van der Waals surface area contributed by atoms with Crippen molar-refractivity contribution in [3.8, 4) is 0 Å². The first-order valence-corrected chi connectivity index (χ1v) is 10.0. The predicted molar refractivity (Wildman–Crippen MR) is 104 cm³/mol. The van der Waals surface area contributed by atoms with E-state index in [2.05, 4.69) is 10.3 Å². The fourth-order valence-corrected chi connectivity index (χ4v) is 4.06. The maximum Gasteiger partial charge on any atom is 0.433 e. The van der Waals surface area contributed by atoms with Crippen molar-refractivity contribution in [1.82, 2.24) is 10.3 Å². The van der Waals surface area contributed by atoms with Gasteiger partial charge >= 0.3 is 18.5 Å². The fraction of sp³-hybridized carbons (Fsp3) is 0.429. The first kappa shape index (κ1) is 26.6. The van der Waals surface area contributed by atoms with Gasteiger partial charge in [0.2, 0.25) is 6.41 Å². The molecule has 0 radical (unpaired) electrons. The summed E-state index contributed by atoms with van der Waals surface area (Å²) in [6.45, 7) is 1.11. The zero-order valence-electron chi connectivity index (χ0n) is 17.8. The van der Waals surface area contributed by atoms with E-state index in [1.165, 1.54) is 24.3 Å². The molecule has 2 heterocycles. The molecule has 5 nitrogen and oxygen atoms in total. The molecule has 192 valence electrons. The molecule has 3 atom stereocenters. The van der Waals surface area contributed by atoms with E-state index in [9.17, 15) is 49.4 Å². The van der Waals surface area contributed by atoms with Crippen molar-refractivity contribution in [3.05, 3.63) is 58.9 Å². The highest BCUT2D eigenvalue weighted by Crippen LogP contribution is 2.53. The largest absolute Gasteiger partial charge is 0.433 e. The van der Waals surface area contributed by atoms with E-state index in [4.69, 9.17) is 0 Å². The Hall–Kier alpha value is -3.03. The van der Waals surface area contributed by atoms with Gasteiger partial charge in [-0.25, -0.2) is 4.98 Å². The van der Waals surface area contributed by atoms with Crippen molar-refractivity contribution in [3.63, 3.8) is 0 Å². The number of hydrogen-bond donors (Lipinski definition) is 2. The lowest BCUT2D eigenvalue weighted by Crippen LogP contribution is -2.52. The molecule has 0 spiro atoms. The number of amides is 1. The average molecular weight is 515 g/mol. The molecule has 35 heavy (non-hydrogen) atoms. The normalized spacial score (nSPS) is 22.3. The number of benzene rings is 1. The van der Waals surface area contributed by atoms with Gasteiger partial charge in [-0.15, -0.1) is 0 Å². The Balaban J connectivity index is 2.11. The van der Waals surface area contributed by atoms with Crippen LogP contribution in [-0.4, -0.2) is 35.4 Å². The Morgan fingerprint density at radius 3 is 1.97 bits per heavy atom. The molecule has 2 N–H and O–H groups in total. The highest BCUT2D eigenvalue weighted by atomic mass is 19.4. The summed E-state index contributed by atoms with van der Waals surface area (Å²) in [5.41, 5.74) is -8.55. The third-order valence-corrected chi connectivity index (χ3v) is 5.95. The molecule has 1 aromatic heterocycles. The molecule has 0 saturated carbocycles. The van der Waals surface area contributed by atoms with E-state index >= 15 is 0 Å². The number of nitrogens with one attached hydrogen (secondary N) is 1. The number of halogens is 9. The van der Waals surface area contributed by atoms with E-state index in [0.29, 0.717) is 12.0 Å². The Labute approximate surface area is 192 Å². The van der Waals surface area contributed by atoms with Crippen molar-refractivity contribution >= 4 is 12.1 Å². The summed E-state index contributed by atoms with van der Waals surface area (Å²) >= 11 is 0. The zero-order chi connectivity index (χ0) is 26.4. The zero-order valence-corrected chi connectivity index (χ0v) is 17.8. The number of hydrogen-bond acceptors (Lipinski definition) is 4. The molecule has 2 aromatic rings. The summed E-state index contributed by atoms with van der Waals surface area (Å²) < 4.78 is 122. The van der Waals surface area contributed by atoms with Gasteiger partial charge in [0.05, 0.1) is 6.04 Å². The van der Waals surface area contributed by atoms with Gasteiger partial charge < -0.3 is 15.3 Å². The molecule has 0 aliphatic carbocycles. The first-order valence-electron chi connectivity index (χ1n) is 10.0. The Morgan fingerprint density at radius 1 is 1.03 bits per heavy atom. The van der Waals surface area contributed by atoms with Crippen molar-refractivity contribution in [2.24, 2.45) is 0 Å². The monoisotopic (exact) mass is 515 g/mol. The molecule has 14 heteroatoms. The van der Waals surface area contributed by atoms with Gasteiger partial charge in [-0.3, -0.25) is 4.79 Å². The van der Waals surface area contributed by atoms with Crippen LogP contribution in [-0.2, 0) is 22.6 Å². The molecule has 1 aliphatic rings. The second-order valence-electron chi connectivity index (χ2n) is 8.01. The average Bonchev–Trinajstić information content (AvgIpc) is 3.10. The number of nitrogens with zero attached hydrogens (tertiary/aromatic N) is 2. The molecular weight excluding hydrogens is 497 g/mol. The lowest BCUT2D eigenvalue weighted by atomic mass is 9.77. The van der Waals surface area contributed by atoms with Crippen LogP contribution in [0.5, 0.6) is 0 Å². The highest BCUT2D eigenvalue weighted by Gasteiger charge is 2.65. The number of rotatable bonds is 5. The minimum absolute atomic E-state index is 0.0480. The Bertz CT molecular complexity index is 1040. The van der Waals surface area contributed by atoms with Crippen LogP contribution in [0.3, 0.4) is 0 Å². The number of aliphatic hydroxyl groups is 1. The van der Waals surface area contributed by atoms with Crippen LogP contribution in [0, 0.1) is 0 Å². The second-order valence-corrected chi connectivity index (χ2v) is 8.01. The van der Waals surface area contributed by atoms with E-state index in [-0.39, 0.29) is 17.8 Å². The van der Waals surface area contributed by atoms with Crippen LogP contribution in [0.25, 0.3) is 0 Å². The quantitative estimate of drug-likeness (QED) is 0.437. The molecule has 1 amide bonds. The Morgan fingerprint density at radius 2 is 1.54 bits per heavy atom. The van der Waals surface area contributed by atoms with Crippen molar-refractivity contribution in [2.75, 3.05) is 11.4 Å². The van der Waals surface area contributed by atoms with Gasteiger partial charge in [-0.2, -0.15) is 39.5 Å². The van der Waals surface area contributed by atoms with Crippen molar-refractivity contribution < 1.29 is 49.4 Å². The van der Waals surface area contributed by atoms with E-state index in [1.54, 1.807) is 6.92 Å². The van der Waals surface area contributed by atoms with Crippen LogP contribution < -0.4 is 10.2 Å². The highest BCUT2D eigenvalue weighted by molar-refractivity contribution is 5.54. The summed E-state index contributed by atoms with van der Waals surface area (Å²) in [5.74, 6) is 0. The van der Waals surface area contributed by atoms with Gasteiger partial charge in [0, 0.05) is 12.2 Å². The van der Waals surface area contributed by atoms with Gasteiger partial charge in [0.15, 0.2) is 0 Å². The molecule has 1 fully saturated rings. The van der Waals surface area contributed by atoms with E-state index in [0.717, 1.165) is 4.90 Å². The van der Waals surface area contributed by atoms with Gasteiger partial charge in [-0.1, -0.05) is 12.1 Å². The Kier molecular flexibility index (Phi) is 6.74. The second kappa shape index (κ2) is 8.88. The van der Waals surface area contributed by atoms with Crippen molar-refractivity contribution in [1.29, 1.82) is 0 Å². The van der Waals surface area contributed by atoms with Crippen LogP contribution in [0.2, 0.25) is 0 Å². The minimum Gasteiger partial charge on any atom is -0.372 e.